The van der Waals surface area contributed by atoms with Gasteiger partial charge in [-0.3, -0.25) is 24.6 Å². The molecule has 0 saturated carbocycles. The van der Waals surface area contributed by atoms with E-state index in [1.54, 1.807) is 60.9 Å². The molecule has 7 N–H and O–H groups in total. The molecule has 0 bridgehead atoms. The molecule has 192 valence electrons. The quantitative estimate of drug-likeness (QED) is 0.141. The van der Waals surface area contributed by atoms with Gasteiger partial charge in [-0.25, -0.2) is 5.48 Å². The Morgan fingerprint density at radius 1 is 0.947 bits per heavy atom. The second kappa shape index (κ2) is 14.5. The van der Waals surface area contributed by atoms with Crippen LogP contribution in [0, 0.1) is 23.7 Å². The van der Waals surface area contributed by atoms with Crippen molar-refractivity contribution in [2.75, 3.05) is 18.4 Å². The Labute approximate surface area is 220 Å². The standard InChI is InChI=1S/C28H26N6O4/c29-16-25(28(37)34-38)33-27(36)23-11-7-20(8-12-23)4-1-2-5-21-9-13-24(14-10-21)32-26(35)19-31-18-22-6-3-15-30-17-22/h3,6-15,17,25,31,38H,16,18-19,29H2,(H,32,35)(H,33,36)(H,34,37)/t25-/m0/s1. The van der Waals surface area contributed by atoms with E-state index in [-0.39, 0.29) is 19.0 Å². The van der Waals surface area contributed by atoms with E-state index in [0.29, 0.717) is 23.4 Å². The molecule has 3 amide bonds. The molecule has 0 radical (unpaired) electrons. The van der Waals surface area contributed by atoms with Gasteiger partial charge in [-0.2, -0.15) is 0 Å². The van der Waals surface area contributed by atoms with Crippen LogP contribution in [-0.4, -0.2) is 47.0 Å². The fraction of sp³-hybridized carbons (Fsp3) is 0.143. The highest BCUT2D eigenvalue weighted by Crippen LogP contribution is 2.08. The molecule has 1 aromatic heterocycles. The number of benzene rings is 2. The van der Waals surface area contributed by atoms with E-state index in [1.807, 2.05) is 12.1 Å². The predicted octanol–water partition coefficient (Wildman–Crippen LogP) is 0.776. The van der Waals surface area contributed by atoms with Crippen LogP contribution in [0.2, 0.25) is 0 Å². The van der Waals surface area contributed by atoms with Crippen molar-refractivity contribution in [3.8, 4) is 23.7 Å². The summed E-state index contributed by atoms with van der Waals surface area (Å²) in [6.45, 7) is 0.562. The smallest absolute Gasteiger partial charge is 0.267 e. The van der Waals surface area contributed by atoms with Crippen molar-refractivity contribution in [3.63, 3.8) is 0 Å². The number of hydrogen-bond acceptors (Lipinski definition) is 7. The van der Waals surface area contributed by atoms with Gasteiger partial charge in [0.2, 0.25) is 5.91 Å². The number of nitrogens with two attached hydrogens (primary N) is 1. The van der Waals surface area contributed by atoms with Crippen molar-refractivity contribution in [2.24, 2.45) is 5.73 Å². The van der Waals surface area contributed by atoms with E-state index in [0.717, 1.165) is 11.1 Å². The van der Waals surface area contributed by atoms with Crippen molar-refractivity contribution in [3.05, 3.63) is 95.3 Å². The van der Waals surface area contributed by atoms with Crippen molar-refractivity contribution in [1.82, 2.24) is 21.1 Å². The van der Waals surface area contributed by atoms with E-state index in [1.165, 1.54) is 5.48 Å². The van der Waals surface area contributed by atoms with Crippen LogP contribution in [0.1, 0.15) is 27.0 Å². The number of nitrogens with zero attached hydrogens (tertiary/aromatic N) is 1. The molecule has 2 aromatic carbocycles. The van der Waals surface area contributed by atoms with Crippen LogP contribution in [-0.2, 0) is 16.1 Å². The Kier molecular flexibility index (Phi) is 10.5. The van der Waals surface area contributed by atoms with Crippen LogP contribution in [0.4, 0.5) is 5.69 Å². The van der Waals surface area contributed by atoms with Crippen molar-refractivity contribution in [2.45, 2.75) is 12.6 Å². The summed E-state index contributed by atoms with van der Waals surface area (Å²) in [5.74, 6) is 9.88. The molecule has 3 rings (SSSR count). The highest BCUT2D eigenvalue weighted by Gasteiger charge is 2.19. The predicted molar refractivity (Wildman–Crippen MR) is 141 cm³/mol. The molecule has 0 unspecified atom stereocenters. The van der Waals surface area contributed by atoms with Crippen LogP contribution >= 0.6 is 0 Å². The lowest BCUT2D eigenvalue weighted by Gasteiger charge is -2.14. The zero-order valence-corrected chi connectivity index (χ0v) is 20.3. The third-order valence-corrected chi connectivity index (χ3v) is 5.10. The Morgan fingerprint density at radius 2 is 1.61 bits per heavy atom. The molecule has 0 aliphatic carbocycles. The van der Waals surface area contributed by atoms with E-state index >= 15 is 0 Å². The van der Waals surface area contributed by atoms with Gasteiger partial charge in [-0.05, 0) is 72.0 Å². The highest BCUT2D eigenvalue weighted by atomic mass is 16.5. The topological polar surface area (TPSA) is 158 Å². The molecule has 0 saturated heterocycles. The summed E-state index contributed by atoms with van der Waals surface area (Å²) in [6.07, 6.45) is 3.44. The van der Waals surface area contributed by atoms with Crippen LogP contribution < -0.4 is 27.2 Å². The number of aromatic nitrogens is 1. The summed E-state index contributed by atoms with van der Waals surface area (Å²) in [4.78, 5) is 39.8. The SMILES string of the molecule is NC[C@H](NC(=O)c1ccc(C#CC#Cc2ccc(NC(=O)CNCc3cccnc3)cc2)cc1)C(=O)NO. The van der Waals surface area contributed by atoms with E-state index in [2.05, 4.69) is 44.6 Å². The number of amides is 3. The third-order valence-electron chi connectivity index (χ3n) is 5.10. The number of pyridine rings is 1. The monoisotopic (exact) mass is 510 g/mol. The summed E-state index contributed by atoms with van der Waals surface area (Å²) in [5.41, 5.74) is 10.2. The first-order valence-electron chi connectivity index (χ1n) is 11.5. The molecule has 10 nitrogen and oxygen atoms in total. The Balaban J connectivity index is 1.47. The summed E-state index contributed by atoms with van der Waals surface area (Å²) >= 11 is 0. The van der Waals surface area contributed by atoms with Gasteiger partial charge in [0.05, 0.1) is 6.54 Å². The fourth-order valence-electron chi connectivity index (χ4n) is 3.13. The number of carbonyl (C=O) groups is 3. The Morgan fingerprint density at radius 3 is 2.18 bits per heavy atom. The molecule has 0 aliphatic rings. The van der Waals surface area contributed by atoms with Gasteiger partial charge in [0, 0.05) is 47.9 Å². The molecule has 10 heteroatoms. The molecular formula is C28H26N6O4. The molecule has 0 spiro atoms. The molecule has 0 aliphatic heterocycles. The lowest BCUT2D eigenvalue weighted by Crippen LogP contribution is -2.50. The van der Waals surface area contributed by atoms with Crippen LogP contribution in [0.25, 0.3) is 0 Å². The number of hydrogen-bond donors (Lipinski definition) is 6. The molecular weight excluding hydrogens is 484 g/mol. The lowest BCUT2D eigenvalue weighted by atomic mass is 10.1. The van der Waals surface area contributed by atoms with Gasteiger partial charge in [0.1, 0.15) is 6.04 Å². The summed E-state index contributed by atoms with van der Waals surface area (Å²) < 4.78 is 0. The minimum absolute atomic E-state index is 0.156. The third kappa shape index (κ3) is 8.90. The van der Waals surface area contributed by atoms with Crippen molar-refractivity contribution < 1.29 is 19.6 Å². The molecule has 3 aromatic rings. The van der Waals surface area contributed by atoms with Crippen LogP contribution in [0.3, 0.4) is 0 Å². The Bertz CT molecular complexity index is 1370. The highest BCUT2D eigenvalue weighted by molar-refractivity contribution is 5.97. The van der Waals surface area contributed by atoms with Crippen molar-refractivity contribution in [1.29, 1.82) is 0 Å². The van der Waals surface area contributed by atoms with Crippen LogP contribution in [0.5, 0.6) is 0 Å². The second-order valence-corrected chi connectivity index (χ2v) is 7.91. The number of nitrogens with one attached hydrogen (secondary N) is 4. The first-order valence-corrected chi connectivity index (χ1v) is 11.5. The number of rotatable bonds is 9. The van der Waals surface area contributed by atoms with E-state index < -0.39 is 17.9 Å². The van der Waals surface area contributed by atoms with Gasteiger partial charge in [0.15, 0.2) is 0 Å². The average molecular weight is 511 g/mol. The first-order chi connectivity index (χ1) is 18.5. The number of anilines is 1. The van der Waals surface area contributed by atoms with Crippen LogP contribution in [0.15, 0.2) is 73.1 Å². The maximum atomic E-state index is 12.2. The normalized spacial score (nSPS) is 10.6. The molecule has 1 heterocycles. The van der Waals surface area contributed by atoms with Gasteiger partial charge < -0.3 is 21.7 Å². The zero-order valence-electron chi connectivity index (χ0n) is 20.3. The maximum Gasteiger partial charge on any atom is 0.267 e. The van der Waals surface area contributed by atoms with E-state index in [9.17, 15) is 14.4 Å². The average Bonchev–Trinajstić information content (AvgIpc) is 2.95. The number of hydroxylamine groups is 1. The van der Waals surface area contributed by atoms with Gasteiger partial charge in [0.25, 0.3) is 11.8 Å². The largest absolute Gasteiger partial charge is 0.339 e. The minimum Gasteiger partial charge on any atom is -0.339 e. The molecule has 1 atom stereocenters. The number of carbonyl (C=O) groups excluding carboxylic acids is 3. The molecule has 0 fully saturated rings. The van der Waals surface area contributed by atoms with Crippen molar-refractivity contribution >= 4 is 23.4 Å². The maximum absolute atomic E-state index is 12.2. The Hall–Kier alpha value is -5.00. The molecule has 38 heavy (non-hydrogen) atoms. The first kappa shape index (κ1) is 27.6. The van der Waals surface area contributed by atoms with E-state index in [4.69, 9.17) is 10.9 Å². The zero-order chi connectivity index (χ0) is 27.2. The fourth-order valence-corrected chi connectivity index (χ4v) is 3.13. The van der Waals surface area contributed by atoms with Gasteiger partial charge in [-0.15, -0.1) is 0 Å². The summed E-state index contributed by atoms with van der Waals surface area (Å²) in [5, 5.41) is 17.0. The van der Waals surface area contributed by atoms with Gasteiger partial charge in [-0.1, -0.05) is 17.9 Å². The van der Waals surface area contributed by atoms with Gasteiger partial charge >= 0.3 is 0 Å². The second-order valence-electron chi connectivity index (χ2n) is 7.91. The summed E-state index contributed by atoms with van der Waals surface area (Å²) in [6, 6.07) is 16.2. The minimum atomic E-state index is -1.05. The summed E-state index contributed by atoms with van der Waals surface area (Å²) in [7, 11) is 0. The lowest BCUT2D eigenvalue weighted by molar-refractivity contribution is -0.130.